The van der Waals surface area contributed by atoms with Gasteiger partial charge in [0, 0.05) is 6.54 Å². The second kappa shape index (κ2) is 5.96. The molecule has 0 aliphatic rings. The lowest BCUT2D eigenvalue weighted by Gasteiger charge is -2.11. The number of hydrogen-bond acceptors (Lipinski definition) is 4. The van der Waals surface area contributed by atoms with Crippen LogP contribution in [0, 0.1) is 26.2 Å². The number of nitrogens with one attached hydrogen (secondary N) is 1. The Kier molecular flexibility index (Phi) is 4.59. The Morgan fingerprint density at radius 1 is 1.38 bits per heavy atom. The predicted molar refractivity (Wildman–Crippen MR) is 64.6 cm³/mol. The van der Waals surface area contributed by atoms with Crippen LogP contribution in [0.1, 0.15) is 24.7 Å². The summed E-state index contributed by atoms with van der Waals surface area (Å²) in [4.78, 5) is 8.54. The number of terminal acetylenes is 1. The Labute approximate surface area is 96.5 Å². The highest BCUT2D eigenvalue weighted by Crippen LogP contribution is 2.21. The molecule has 0 unspecified atom stereocenters. The maximum absolute atomic E-state index is 5.36. The van der Waals surface area contributed by atoms with E-state index in [1.54, 1.807) is 0 Å². The van der Waals surface area contributed by atoms with Crippen LogP contribution >= 0.6 is 0 Å². The summed E-state index contributed by atoms with van der Waals surface area (Å²) in [7, 11) is 0. The molecule has 0 aliphatic carbocycles. The van der Waals surface area contributed by atoms with Gasteiger partial charge < -0.3 is 10.1 Å². The van der Waals surface area contributed by atoms with Crippen molar-refractivity contribution in [2.45, 2.75) is 27.2 Å². The molecule has 0 radical (unpaired) electrons. The third-order valence-electron chi connectivity index (χ3n) is 2.05. The summed E-state index contributed by atoms with van der Waals surface area (Å²) >= 11 is 0. The molecule has 1 aromatic heterocycles. The molecule has 1 aromatic rings. The van der Waals surface area contributed by atoms with Crippen LogP contribution in [0.2, 0.25) is 0 Å². The van der Waals surface area contributed by atoms with E-state index >= 15 is 0 Å². The molecule has 4 nitrogen and oxygen atoms in total. The topological polar surface area (TPSA) is 47.0 Å². The summed E-state index contributed by atoms with van der Waals surface area (Å²) < 4.78 is 5.36. The number of aryl methyl sites for hydroxylation is 1. The molecule has 4 heteroatoms. The first kappa shape index (κ1) is 12.3. The predicted octanol–water partition coefficient (Wildman–Crippen LogP) is 1.93. The number of aromatic nitrogens is 2. The first-order chi connectivity index (χ1) is 7.69. The molecule has 1 rings (SSSR count). The van der Waals surface area contributed by atoms with Gasteiger partial charge in [-0.2, -0.15) is 4.98 Å². The fourth-order valence-electron chi connectivity index (χ4n) is 1.27. The van der Waals surface area contributed by atoms with Gasteiger partial charge in [0.2, 0.25) is 5.88 Å². The molecule has 0 fully saturated rings. The second-order valence-corrected chi connectivity index (χ2v) is 3.47. The van der Waals surface area contributed by atoms with Crippen LogP contribution in [0.15, 0.2) is 0 Å². The molecule has 16 heavy (non-hydrogen) atoms. The minimum Gasteiger partial charge on any atom is -0.464 e. The van der Waals surface area contributed by atoms with E-state index in [1.165, 1.54) is 0 Å². The van der Waals surface area contributed by atoms with Crippen molar-refractivity contribution in [2.24, 2.45) is 0 Å². The molecule has 0 saturated carbocycles. The smallest absolute Gasteiger partial charge is 0.222 e. The van der Waals surface area contributed by atoms with E-state index in [2.05, 4.69) is 28.1 Å². The Bertz CT molecular complexity index is 396. The molecule has 0 aliphatic heterocycles. The zero-order chi connectivity index (χ0) is 12.0. The minimum absolute atomic E-state index is 0.227. The molecular weight excluding hydrogens is 202 g/mol. The highest BCUT2D eigenvalue weighted by molar-refractivity contribution is 5.48. The van der Waals surface area contributed by atoms with Crippen LogP contribution in [-0.2, 0) is 0 Å². The second-order valence-electron chi connectivity index (χ2n) is 3.47. The van der Waals surface area contributed by atoms with Gasteiger partial charge in [0.15, 0.2) is 6.61 Å². The number of nitrogens with zero attached hydrogens (tertiary/aromatic N) is 2. The highest BCUT2D eigenvalue weighted by atomic mass is 16.5. The Hall–Kier alpha value is -1.76. The van der Waals surface area contributed by atoms with Crippen molar-refractivity contribution in [2.75, 3.05) is 18.5 Å². The van der Waals surface area contributed by atoms with E-state index in [-0.39, 0.29) is 6.61 Å². The number of hydrogen-bond donors (Lipinski definition) is 1. The van der Waals surface area contributed by atoms with Gasteiger partial charge in [0.05, 0.1) is 5.56 Å². The van der Waals surface area contributed by atoms with E-state index < -0.39 is 0 Å². The van der Waals surface area contributed by atoms with Crippen LogP contribution in [0.4, 0.5) is 5.82 Å². The molecule has 0 spiro atoms. The van der Waals surface area contributed by atoms with E-state index in [1.807, 2.05) is 13.8 Å². The van der Waals surface area contributed by atoms with E-state index in [9.17, 15) is 0 Å². The zero-order valence-electron chi connectivity index (χ0n) is 10.0. The summed E-state index contributed by atoms with van der Waals surface area (Å²) in [5, 5.41) is 3.24. The SMILES string of the molecule is C#CCOc1nc(C)nc(NCCC)c1C. The Balaban J connectivity index is 2.92. The van der Waals surface area contributed by atoms with Crippen molar-refractivity contribution in [3.8, 4) is 18.2 Å². The first-order valence-corrected chi connectivity index (χ1v) is 5.34. The van der Waals surface area contributed by atoms with Gasteiger partial charge in [-0.25, -0.2) is 4.98 Å². The van der Waals surface area contributed by atoms with E-state index in [0.717, 1.165) is 24.3 Å². The van der Waals surface area contributed by atoms with E-state index in [4.69, 9.17) is 11.2 Å². The summed E-state index contributed by atoms with van der Waals surface area (Å²) in [6, 6.07) is 0. The van der Waals surface area contributed by atoms with Gasteiger partial charge in [-0.3, -0.25) is 0 Å². The molecule has 0 saturated heterocycles. The number of ether oxygens (including phenoxy) is 1. The molecule has 0 amide bonds. The Morgan fingerprint density at radius 3 is 2.75 bits per heavy atom. The van der Waals surface area contributed by atoms with Crippen molar-refractivity contribution in [3.63, 3.8) is 0 Å². The van der Waals surface area contributed by atoms with E-state index in [0.29, 0.717) is 11.7 Å². The fourth-order valence-corrected chi connectivity index (χ4v) is 1.27. The van der Waals surface area contributed by atoms with Crippen LogP contribution in [-0.4, -0.2) is 23.1 Å². The molecule has 1 heterocycles. The quantitative estimate of drug-likeness (QED) is 0.769. The van der Waals surface area contributed by atoms with Gasteiger partial charge in [-0.1, -0.05) is 12.8 Å². The van der Waals surface area contributed by atoms with Gasteiger partial charge in [-0.05, 0) is 20.3 Å². The van der Waals surface area contributed by atoms with Crippen LogP contribution < -0.4 is 10.1 Å². The van der Waals surface area contributed by atoms with Crippen molar-refractivity contribution in [1.82, 2.24) is 9.97 Å². The lowest BCUT2D eigenvalue weighted by molar-refractivity contribution is 0.351. The van der Waals surface area contributed by atoms with Crippen LogP contribution in [0.25, 0.3) is 0 Å². The van der Waals surface area contributed by atoms with Crippen molar-refractivity contribution in [1.29, 1.82) is 0 Å². The van der Waals surface area contributed by atoms with Crippen molar-refractivity contribution < 1.29 is 4.74 Å². The fraction of sp³-hybridized carbons (Fsp3) is 0.500. The standard InChI is InChI=1S/C12H17N3O/c1-5-7-13-11-9(3)12(16-8-6-2)15-10(4)14-11/h2H,5,7-8H2,1,3-4H3,(H,13,14,15). The largest absolute Gasteiger partial charge is 0.464 e. The first-order valence-electron chi connectivity index (χ1n) is 5.34. The molecule has 0 bridgehead atoms. The normalized spacial score (nSPS) is 9.62. The lowest BCUT2D eigenvalue weighted by atomic mass is 10.3. The van der Waals surface area contributed by atoms with Crippen LogP contribution in [0.3, 0.4) is 0 Å². The minimum atomic E-state index is 0.227. The summed E-state index contributed by atoms with van der Waals surface area (Å²) in [6.07, 6.45) is 6.19. The summed E-state index contributed by atoms with van der Waals surface area (Å²) in [6.45, 7) is 6.96. The zero-order valence-corrected chi connectivity index (χ0v) is 10.0. The molecular formula is C12H17N3O. The molecule has 0 atom stereocenters. The van der Waals surface area contributed by atoms with Gasteiger partial charge in [0.1, 0.15) is 11.6 Å². The average molecular weight is 219 g/mol. The maximum Gasteiger partial charge on any atom is 0.222 e. The third-order valence-corrected chi connectivity index (χ3v) is 2.05. The van der Waals surface area contributed by atoms with Gasteiger partial charge >= 0.3 is 0 Å². The van der Waals surface area contributed by atoms with Crippen molar-refractivity contribution in [3.05, 3.63) is 11.4 Å². The monoisotopic (exact) mass is 219 g/mol. The Morgan fingerprint density at radius 2 is 2.12 bits per heavy atom. The highest BCUT2D eigenvalue weighted by Gasteiger charge is 2.09. The summed E-state index contributed by atoms with van der Waals surface area (Å²) in [5.74, 6) is 4.48. The third kappa shape index (κ3) is 3.13. The lowest BCUT2D eigenvalue weighted by Crippen LogP contribution is -2.08. The number of anilines is 1. The van der Waals surface area contributed by atoms with Gasteiger partial charge in [-0.15, -0.1) is 6.42 Å². The summed E-state index contributed by atoms with van der Waals surface area (Å²) in [5.41, 5.74) is 0.898. The average Bonchev–Trinajstić information content (AvgIpc) is 2.28. The molecule has 86 valence electrons. The molecule has 1 N–H and O–H groups in total. The molecule has 0 aromatic carbocycles. The van der Waals surface area contributed by atoms with Crippen LogP contribution in [0.5, 0.6) is 5.88 Å². The number of rotatable bonds is 5. The van der Waals surface area contributed by atoms with Crippen molar-refractivity contribution >= 4 is 5.82 Å². The maximum atomic E-state index is 5.36. The van der Waals surface area contributed by atoms with Gasteiger partial charge in [0.25, 0.3) is 0 Å².